The first kappa shape index (κ1) is 15.2. The SMILES string of the molecule is CCN(CC)C(=O)C(C)NCc1ccccc1Br. The predicted molar refractivity (Wildman–Crippen MR) is 78.4 cm³/mol. The van der Waals surface area contributed by atoms with Crippen molar-refractivity contribution in [2.75, 3.05) is 13.1 Å². The second-order valence-electron chi connectivity index (χ2n) is 4.20. The van der Waals surface area contributed by atoms with Gasteiger partial charge in [-0.05, 0) is 32.4 Å². The molecule has 0 heterocycles. The molecular weight excluding hydrogens is 292 g/mol. The summed E-state index contributed by atoms with van der Waals surface area (Å²) in [4.78, 5) is 13.9. The molecule has 18 heavy (non-hydrogen) atoms. The summed E-state index contributed by atoms with van der Waals surface area (Å²) >= 11 is 3.50. The lowest BCUT2D eigenvalue weighted by atomic mass is 10.2. The molecule has 1 atom stereocenters. The molecule has 0 saturated heterocycles. The molecule has 3 nitrogen and oxygen atoms in total. The van der Waals surface area contributed by atoms with E-state index in [4.69, 9.17) is 0 Å². The predicted octanol–water partition coefficient (Wildman–Crippen LogP) is 2.80. The number of nitrogens with one attached hydrogen (secondary N) is 1. The quantitative estimate of drug-likeness (QED) is 0.876. The van der Waals surface area contributed by atoms with Crippen molar-refractivity contribution in [2.45, 2.75) is 33.4 Å². The molecular formula is C14H21BrN2O. The average molecular weight is 313 g/mol. The molecule has 0 spiro atoms. The van der Waals surface area contributed by atoms with Crippen LogP contribution in [0.2, 0.25) is 0 Å². The highest BCUT2D eigenvalue weighted by atomic mass is 79.9. The Labute approximate surface area is 118 Å². The first-order valence-corrected chi connectivity index (χ1v) is 7.15. The molecule has 0 fully saturated rings. The third kappa shape index (κ3) is 4.10. The van der Waals surface area contributed by atoms with E-state index in [2.05, 4.69) is 21.2 Å². The van der Waals surface area contributed by atoms with Gasteiger partial charge in [-0.25, -0.2) is 0 Å². The maximum Gasteiger partial charge on any atom is 0.239 e. The van der Waals surface area contributed by atoms with Crippen molar-refractivity contribution >= 4 is 21.8 Å². The number of halogens is 1. The van der Waals surface area contributed by atoms with Crippen molar-refractivity contribution in [3.05, 3.63) is 34.3 Å². The van der Waals surface area contributed by atoms with Gasteiger partial charge in [-0.2, -0.15) is 0 Å². The maximum atomic E-state index is 12.1. The van der Waals surface area contributed by atoms with Crippen LogP contribution in [0.25, 0.3) is 0 Å². The van der Waals surface area contributed by atoms with Crippen LogP contribution in [0.15, 0.2) is 28.7 Å². The standard InChI is InChI=1S/C14H21BrN2O/c1-4-17(5-2)14(18)11(3)16-10-12-8-6-7-9-13(12)15/h6-9,11,16H,4-5,10H2,1-3H3. The Morgan fingerprint density at radius 1 is 1.33 bits per heavy atom. The van der Waals surface area contributed by atoms with E-state index in [9.17, 15) is 4.79 Å². The second kappa shape index (κ2) is 7.54. The molecule has 0 saturated carbocycles. The molecule has 0 aromatic heterocycles. The lowest BCUT2D eigenvalue weighted by Crippen LogP contribution is -2.44. The Bertz CT molecular complexity index is 391. The van der Waals surface area contributed by atoms with E-state index in [0.717, 1.165) is 23.1 Å². The molecule has 0 aliphatic heterocycles. The Kier molecular flexibility index (Phi) is 6.36. The summed E-state index contributed by atoms with van der Waals surface area (Å²) in [5.74, 6) is 0.159. The zero-order valence-electron chi connectivity index (χ0n) is 11.2. The van der Waals surface area contributed by atoms with Crippen LogP contribution in [0.3, 0.4) is 0 Å². The topological polar surface area (TPSA) is 32.3 Å². The summed E-state index contributed by atoms with van der Waals surface area (Å²) in [6.07, 6.45) is 0. The molecule has 0 radical (unpaired) electrons. The summed E-state index contributed by atoms with van der Waals surface area (Å²) in [7, 11) is 0. The molecule has 4 heteroatoms. The van der Waals surface area contributed by atoms with E-state index >= 15 is 0 Å². The molecule has 1 aromatic carbocycles. The Morgan fingerprint density at radius 2 is 1.94 bits per heavy atom. The van der Waals surface area contributed by atoms with Gasteiger partial charge in [-0.3, -0.25) is 4.79 Å². The highest BCUT2D eigenvalue weighted by Crippen LogP contribution is 2.15. The number of nitrogens with zero attached hydrogens (tertiary/aromatic N) is 1. The van der Waals surface area contributed by atoms with Crippen molar-refractivity contribution in [2.24, 2.45) is 0 Å². The highest BCUT2D eigenvalue weighted by Gasteiger charge is 2.17. The molecule has 0 bridgehead atoms. The van der Waals surface area contributed by atoms with Gasteiger partial charge in [-0.1, -0.05) is 34.1 Å². The molecule has 1 unspecified atom stereocenters. The Morgan fingerprint density at radius 3 is 2.50 bits per heavy atom. The lowest BCUT2D eigenvalue weighted by Gasteiger charge is -2.23. The number of hydrogen-bond donors (Lipinski definition) is 1. The number of rotatable bonds is 6. The molecule has 1 amide bonds. The highest BCUT2D eigenvalue weighted by molar-refractivity contribution is 9.10. The van der Waals surface area contributed by atoms with Crippen molar-refractivity contribution in [3.8, 4) is 0 Å². The fraction of sp³-hybridized carbons (Fsp3) is 0.500. The minimum atomic E-state index is -0.156. The maximum absolute atomic E-state index is 12.1. The normalized spacial score (nSPS) is 12.2. The third-order valence-electron chi connectivity index (χ3n) is 3.00. The van der Waals surface area contributed by atoms with Gasteiger partial charge in [0, 0.05) is 24.1 Å². The van der Waals surface area contributed by atoms with Gasteiger partial charge < -0.3 is 10.2 Å². The van der Waals surface area contributed by atoms with Crippen molar-refractivity contribution in [3.63, 3.8) is 0 Å². The van der Waals surface area contributed by atoms with Gasteiger partial charge in [0.25, 0.3) is 0 Å². The van der Waals surface area contributed by atoms with Crippen LogP contribution in [0, 0.1) is 0 Å². The summed E-state index contributed by atoms with van der Waals surface area (Å²) in [6.45, 7) is 8.13. The van der Waals surface area contributed by atoms with Crippen LogP contribution in [0.4, 0.5) is 0 Å². The minimum Gasteiger partial charge on any atom is -0.342 e. The van der Waals surface area contributed by atoms with E-state index in [0.29, 0.717) is 6.54 Å². The fourth-order valence-corrected chi connectivity index (χ4v) is 2.23. The third-order valence-corrected chi connectivity index (χ3v) is 3.78. The van der Waals surface area contributed by atoms with Crippen LogP contribution in [0.5, 0.6) is 0 Å². The van der Waals surface area contributed by atoms with E-state index in [1.807, 2.05) is 49.9 Å². The number of likely N-dealkylation sites (N-methyl/N-ethyl adjacent to an activating group) is 1. The number of amides is 1. The number of benzene rings is 1. The molecule has 0 aliphatic carbocycles. The monoisotopic (exact) mass is 312 g/mol. The molecule has 100 valence electrons. The van der Waals surface area contributed by atoms with Crippen LogP contribution >= 0.6 is 15.9 Å². The van der Waals surface area contributed by atoms with Crippen LogP contribution in [-0.2, 0) is 11.3 Å². The zero-order chi connectivity index (χ0) is 13.5. The smallest absolute Gasteiger partial charge is 0.239 e. The van der Waals surface area contributed by atoms with Crippen LogP contribution < -0.4 is 5.32 Å². The number of carbonyl (C=O) groups excluding carboxylic acids is 1. The van der Waals surface area contributed by atoms with Crippen molar-refractivity contribution in [1.82, 2.24) is 10.2 Å². The summed E-state index contributed by atoms with van der Waals surface area (Å²) < 4.78 is 1.07. The van der Waals surface area contributed by atoms with Gasteiger partial charge in [0.1, 0.15) is 0 Å². The van der Waals surface area contributed by atoms with Gasteiger partial charge >= 0.3 is 0 Å². The largest absolute Gasteiger partial charge is 0.342 e. The minimum absolute atomic E-state index is 0.156. The first-order chi connectivity index (χ1) is 8.60. The van der Waals surface area contributed by atoms with Gasteiger partial charge in [0.2, 0.25) is 5.91 Å². The first-order valence-electron chi connectivity index (χ1n) is 6.35. The van der Waals surface area contributed by atoms with Crippen molar-refractivity contribution in [1.29, 1.82) is 0 Å². The molecule has 1 N–H and O–H groups in total. The lowest BCUT2D eigenvalue weighted by molar-refractivity contribution is -0.132. The van der Waals surface area contributed by atoms with E-state index in [1.165, 1.54) is 0 Å². The Balaban J connectivity index is 2.53. The van der Waals surface area contributed by atoms with Crippen LogP contribution in [-0.4, -0.2) is 29.9 Å². The molecule has 1 aromatic rings. The second-order valence-corrected chi connectivity index (χ2v) is 5.06. The van der Waals surface area contributed by atoms with E-state index < -0.39 is 0 Å². The molecule has 0 aliphatic rings. The number of hydrogen-bond acceptors (Lipinski definition) is 2. The van der Waals surface area contributed by atoms with Crippen LogP contribution in [0.1, 0.15) is 26.3 Å². The number of carbonyl (C=O) groups is 1. The van der Waals surface area contributed by atoms with E-state index in [-0.39, 0.29) is 11.9 Å². The fourth-order valence-electron chi connectivity index (χ4n) is 1.80. The zero-order valence-corrected chi connectivity index (χ0v) is 12.8. The van der Waals surface area contributed by atoms with Gasteiger partial charge in [0.05, 0.1) is 6.04 Å². The summed E-state index contributed by atoms with van der Waals surface area (Å²) in [5, 5.41) is 3.27. The Hall–Kier alpha value is -0.870. The molecule has 1 rings (SSSR count). The van der Waals surface area contributed by atoms with E-state index in [1.54, 1.807) is 0 Å². The summed E-state index contributed by atoms with van der Waals surface area (Å²) in [5.41, 5.74) is 1.16. The average Bonchev–Trinajstić information content (AvgIpc) is 2.38. The van der Waals surface area contributed by atoms with Gasteiger partial charge in [0.15, 0.2) is 0 Å². The van der Waals surface area contributed by atoms with Gasteiger partial charge in [-0.15, -0.1) is 0 Å². The van der Waals surface area contributed by atoms with Crippen molar-refractivity contribution < 1.29 is 4.79 Å². The summed E-state index contributed by atoms with van der Waals surface area (Å²) in [6, 6.07) is 7.88.